The number of anilines is 1. The van der Waals surface area contributed by atoms with Crippen LogP contribution in [0.25, 0.3) is 0 Å². The normalized spacial score (nSPS) is 16.1. The molecule has 1 unspecified atom stereocenters. The van der Waals surface area contributed by atoms with Gasteiger partial charge in [-0.1, -0.05) is 23.4 Å². The Morgan fingerprint density at radius 3 is 2.70 bits per heavy atom. The van der Waals surface area contributed by atoms with Crippen molar-refractivity contribution in [2.45, 2.75) is 23.2 Å². The van der Waals surface area contributed by atoms with E-state index in [4.69, 9.17) is 16.3 Å². The average molecular weight is 356 g/mol. The third-order valence-electron chi connectivity index (χ3n) is 3.34. The number of hydrogen-bond donors (Lipinski definition) is 1. The van der Waals surface area contributed by atoms with Crippen LogP contribution < -0.4 is 10.1 Å². The number of alkyl halides is 2. The smallest absolute Gasteiger partial charge is 0.288 e. The van der Waals surface area contributed by atoms with Gasteiger partial charge in [0.05, 0.1) is 0 Å². The molecule has 2 aromatic rings. The summed E-state index contributed by atoms with van der Waals surface area (Å²) in [4.78, 5) is 12.7. The topological polar surface area (TPSA) is 38.3 Å². The molecule has 0 aromatic heterocycles. The number of thioether (sulfide) groups is 1. The fraction of sp³-hybridized carbons (Fsp3) is 0.188. The van der Waals surface area contributed by atoms with Crippen molar-refractivity contribution >= 4 is 35.0 Å². The largest absolute Gasteiger partial charge is 0.480 e. The molecule has 1 amide bonds. The van der Waals surface area contributed by atoms with E-state index in [-0.39, 0.29) is 5.91 Å². The Labute approximate surface area is 141 Å². The molecule has 2 aromatic carbocycles. The van der Waals surface area contributed by atoms with Gasteiger partial charge in [0.15, 0.2) is 6.10 Å². The second-order valence-corrected chi connectivity index (χ2v) is 6.45. The molecule has 1 atom stereocenters. The summed E-state index contributed by atoms with van der Waals surface area (Å²) >= 11 is 6.38. The van der Waals surface area contributed by atoms with Crippen molar-refractivity contribution in [2.24, 2.45) is 0 Å². The van der Waals surface area contributed by atoms with Crippen LogP contribution in [-0.2, 0) is 11.2 Å². The van der Waals surface area contributed by atoms with Crippen LogP contribution in [0.3, 0.4) is 0 Å². The van der Waals surface area contributed by atoms with E-state index in [1.165, 1.54) is 12.1 Å². The number of nitrogens with one attached hydrogen (secondary N) is 1. The van der Waals surface area contributed by atoms with Crippen LogP contribution in [0, 0.1) is 0 Å². The standard InChI is InChI=1S/C16H12ClF2NO2S/c17-10-1-6-13-9(7-10)8-14(22-13)15(21)20-11-2-4-12(5-3-11)23-16(18)19/h1-7,14,16H,8H2,(H,20,21). The first-order valence-electron chi connectivity index (χ1n) is 6.82. The van der Waals surface area contributed by atoms with E-state index in [0.717, 1.165) is 5.56 Å². The zero-order valence-corrected chi connectivity index (χ0v) is 13.3. The molecule has 0 fully saturated rings. The van der Waals surface area contributed by atoms with Crippen LogP contribution >= 0.6 is 23.4 Å². The molecule has 1 N–H and O–H groups in total. The maximum Gasteiger partial charge on any atom is 0.288 e. The van der Waals surface area contributed by atoms with Crippen molar-refractivity contribution in [3.05, 3.63) is 53.1 Å². The van der Waals surface area contributed by atoms with Crippen molar-refractivity contribution in [3.8, 4) is 5.75 Å². The highest BCUT2D eigenvalue weighted by molar-refractivity contribution is 7.99. The Kier molecular flexibility index (Phi) is 4.73. The lowest BCUT2D eigenvalue weighted by atomic mass is 10.1. The lowest BCUT2D eigenvalue weighted by Crippen LogP contribution is -2.31. The Balaban J connectivity index is 1.62. The Hall–Kier alpha value is -1.79. The predicted molar refractivity (Wildman–Crippen MR) is 86.5 cm³/mol. The number of rotatable bonds is 4. The van der Waals surface area contributed by atoms with Gasteiger partial charge in [0.2, 0.25) is 0 Å². The van der Waals surface area contributed by atoms with Gasteiger partial charge in [0.1, 0.15) is 5.75 Å². The molecule has 0 aliphatic carbocycles. The molecule has 1 aliphatic rings. The molecule has 7 heteroatoms. The predicted octanol–water partition coefficient (Wildman–Crippen LogP) is 4.60. The van der Waals surface area contributed by atoms with Crippen LogP contribution in [0.2, 0.25) is 5.02 Å². The number of benzene rings is 2. The molecule has 0 bridgehead atoms. The van der Waals surface area contributed by atoms with Gasteiger partial charge in [-0.05, 0) is 48.0 Å². The van der Waals surface area contributed by atoms with Crippen molar-refractivity contribution in [3.63, 3.8) is 0 Å². The monoisotopic (exact) mass is 355 g/mol. The van der Waals surface area contributed by atoms with Crippen LogP contribution in [0.5, 0.6) is 5.75 Å². The highest BCUT2D eigenvalue weighted by Crippen LogP contribution is 2.31. The number of amides is 1. The van der Waals surface area contributed by atoms with Crippen molar-refractivity contribution < 1.29 is 18.3 Å². The van der Waals surface area contributed by atoms with Crippen LogP contribution in [0.4, 0.5) is 14.5 Å². The molecule has 1 aliphatic heterocycles. The molecule has 23 heavy (non-hydrogen) atoms. The van der Waals surface area contributed by atoms with Gasteiger partial charge in [0.25, 0.3) is 11.7 Å². The number of hydrogen-bond acceptors (Lipinski definition) is 3. The van der Waals surface area contributed by atoms with Crippen molar-refractivity contribution in [2.75, 3.05) is 5.32 Å². The number of carbonyl (C=O) groups excluding carboxylic acids is 1. The number of fused-ring (bicyclic) bond motifs is 1. The first-order chi connectivity index (χ1) is 11.0. The Bertz CT molecular complexity index is 725. The van der Waals surface area contributed by atoms with Gasteiger partial charge >= 0.3 is 0 Å². The van der Waals surface area contributed by atoms with Gasteiger partial charge in [0, 0.05) is 22.0 Å². The first-order valence-corrected chi connectivity index (χ1v) is 8.08. The first kappa shape index (κ1) is 16.1. The molecule has 1 heterocycles. The Morgan fingerprint density at radius 1 is 1.26 bits per heavy atom. The zero-order chi connectivity index (χ0) is 16.4. The van der Waals surface area contributed by atoms with Crippen molar-refractivity contribution in [1.82, 2.24) is 0 Å². The molecule has 120 valence electrons. The summed E-state index contributed by atoms with van der Waals surface area (Å²) in [6.45, 7) is 0. The summed E-state index contributed by atoms with van der Waals surface area (Å²) < 4.78 is 30.1. The molecule has 0 saturated heterocycles. The maximum absolute atomic E-state index is 12.3. The fourth-order valence-electron chi connectivity index (χ4n) is 2.31. The van der Waals surface area contributed by atoms with E-state index in [1.807, 2.05) is 0 Å². The summed E-state index contributed by atoms with van der Waals surface area (Å²) in [6, 6.07) is 11.5. The molecule has 0 radical (unpaired) electrons. The van der Waals surface area contributed by atoms with Crippen LogP contribution in [0.15, 0.2) is 47.4 Å². The number of halogens is 3. The van der Waals surface area contributed by atoms with E-state index < -0.39 is 11.9 Å². The van der Waals surface area contributed by atoms with Gasteiger partial charge in [-0.25, -0.2) is 0 Å². The lowest BCUT2D eigenvalue weighted by molar-refractivity contribution is -0.122. The summed E-state index contributed by atoms with van der Waals surface area (Å²) in [7, 11) is 0. The number of ether oxygens (including phenoxy) is 1. The van der Waals surface area contributed by atoms with Gasteiger partial charge in [-0.3, -0.25) is 4.79 Å². The van der Waals surface area contributed by atoms with E-state index in [0.29, 0.717) is 39.5 Å². The fourth-order valence-corrected chi connectivity index (χ4v) is 3.00. The minimum absolute atomic E-state index is 0.286. The van der Waals surface area contributed by atoms with E-state index >= 15 is 0 Å². The summed E-state index contributed by atoms with van der Waals surface area (Å²) in [5, 5.41) is 3.32. The van der Waals surface area contributed by atoms with E-state index in [2.05, 4.69) is 5.32 Å². The molecule has 0 spiro atoms. The summed E-state index contributed by atoms with van der Waals surface area (Å²) in [5.74, 6) is -2.10. The zero-order valence-electron chi connectivity index (χ0n) is 11.8. The highest BCUT2D eigenvalue weighted by atomic mass is 35.5. The molecule has 3 nitrogen and oxygen atoms in total. The maximum atomic E-state index is 12.3. The molecule has 0 saturated carbocycles. The SMILES string of the molecule is O=C(Nc1ccc(SC(F)F)cc1)C1Cc2cc(Cl)ccc2O1. The van der Waals surface area contributed by atoms with E-state index in [1.54, 1.807) is 30.3 Å². The summed E-state index contributed by atoms with van der Waals surface area (Å²) in [5.41, 5.74) is 1.42. The second kappa shape index (κ2) is 6.76. The third kappa shape index (κ3) is 3.95. The lowest BCUT2D eigenvalue weighted by Gasteiger charge is -2.11. The molecular weight excluding hydrogens is 344 g/mol. The second-order valence-electron chi connectivity index (χ2n) is 4.95. The minimum atomic E-state index is -2.47. The summed E-state index contributed by atoms with van der Waals surface area (Å²) in [6.07, 6.45) is -0.181. The minimum Gasteiger partial charge on any atom is -0.480 e. The van der Waals surface area contributed by atoms with Crippen molar-refractivity contribution in [1.29, 1.82) is 0 Å². The Morgan fingerprint density at radius 2 is 2.00 bits per heavy atom. The quantitative estimate of drug-likeness (QED) is 0.815. The van der Waals surface area contributed by atoms with Gasteiger partial charge < -0.3 is 10.1 Å². The van der Waals surface area contributed by atoms with Gasteiger partial charge in [-0.15, -0.1) is 0 Å². The molecule has 3 rings (SSSR count). The third-order valence-corrected chi connectivity index (χ3v) is 4.29. The molecular formula is C16H12ClF2NO2S. The average Bonchev–Trinajstić information content (AvgIpc) is 2.92. The van der Waals surface area contributed by atoms with E-state index in [9.17, 15) is 13.6 Å². The van der Waals surface area contributed by atoms with Crippen LogP contribution in [0.1, 0.15) is 5.56 Å². The number of carbonyl (C=O) groups is 1. The van der Waals surface area contributed by atoms with Gasteiger partial charge in [-0.2, -0.15) is 8.78 Å². The van der Waals surface area contributed by atoms with Crippen LogP contribution in [-0.4, -0.2) is 17.8 Å². The highest BCUT2D eigenvalue weighted by Gasteiger charge is 2.29.